The van der Waals surface area contributed by atoms with Crippen LogP contribution in [0.25, 0.3) is 0 Å². The summed E-state index contributed by atoms with van der Waals surface area (Å²) in [5, 5.41) is 0. The Morgan fingerprint density at radius 2 is 1.47 bits per heavy atom. The number of aryl methyl sites for hydroxylation is 2. The van der Waals surface area contributed by atoms with Crippen molar-refractivity contribution in [2.45, 2.75) is 13.8 Å². The molecule has 0 aliphatic carbocycles. The van der Waals surface area contributed by atoms with Crippen molar-refractivity contribution in [1.82, 2.24) is 0 Å². The summed E-state index contributed by atoms with van der Waals surface area (Å²) in [5.41, 5.74) is 2.27. The SMILES string of the molecule is COc1ccc(Oc2cc(C)ccc2C)cc1OC. The minimum atomic E-state index is 0.658. The van der Waals surface area contributed by atoms with Gasteiger partial charge in [0.25, 0.3) is 0 Å². The molecular formula is C16H18O3. The monoisotopic (exact) mass is 258 g/mol. The van der Waals surface area contributed by atoms with E-state index in [1.54, 1.807) is 14.2 Å². The maximum Gasteiger partial charge on any atom is 0.164 e. The molecule has 0 aliphatic heterocycles. The van der Waals surface area contributed by atoms with Crippen LogP contribution in [0.1, 0.15) is 11.1 Å². The second-order valence-corrected chi connectivity index (χ2v) is 4.39. The molecule has 3 nitrogen and oxygen atoms in total. The standard InChI is InChI=1S/C16H18O3/c1-11-5-6-12(2)15(9-11)19-13-7-8-14(17-3)16(10-13)18-4/h5-10H,1-4H3. The van der Waals surface area contributed by atoms with E-state index in [2.05, 4.69) is 6.07 Å². The third-order valence-electron chi connectivity index (χ3n) is 2.93. The van der Waals surface area contributed by atoms with Gasteiger partial charge in [-0.2, -0.15) is 0 Å². The molecule has 0 amide bonds. The molecule has 0 aliphatic rings. The van der Waals surface area contributed by atoms with Crippen LogP contribution in [-0.2, 0) is 0 Å². The van der Waals surface area contributed by atoms with E-state index in [0.717, 1.165) is 17.1 Å². The molecule has 2 rings (SSSR count). The molecular weight excluding hydrogens is 240 g/mol. The van der Waals surface area contributed by atoms with Crippen molar-refractivity contribution in [1.29, 1.82) is 0 Å². The Morgan fingerprint density at radius 1 is 0.737 bits per heavy atom. The highest BCUT2D eigenvalue weighted by atomic mass is 16.5. The molecule has 0 N–H and O–H groups in total. The van der Waals surface area contributed by atoms with Crippen LogP contribution in [0.2, 0.25) is 0 Å². The predicted octanol–water partition coefficient (Wildman–Crippen LogP) is 4.11. The molecule has 19 heavy (non-hydrogen) atoms. The van der Waals surface area contributed by atoms with E-state index in [0.29, 0.717) is 11.5 Å². The van der Waals surface area contributed by atoms with E-state index in [4.69, 9.17) is 14.2 Å². The lowest BCUT2D eigenvalue weighted by Gasteiger charge is -2.12. The second-order valence-electron chi connectivity index (χ2n) is 4.39. The Balaban J connectivity index is 2.30. The molecule has 0 fully saturated rings. The van der Waals surface area contributed by atoms with Crippen LogP contribution in [0.3, 0.4) is 0 Å². The molecule has 3 heteroatoms. The van der Waals surface area contributed by atoms with Crippen molar-refractivity contribution in [2.75, 3.05) is 14.2 Å². The Bertz CT molecular complexity index is 576. The largest absolute Gasteiger partial charge is 0.493 e. The molecule has 2 aromatic carbocycles. The van der Waals surface area contributed by atoms with E-state index >= 15 is 0 Å². The summed E-state index contributed by atoms with van der Waals surface area (Å²) in [6.45, 7) is 4.07. The Morgan fingerprint density at radius 3 is 2.16 bits per heavy atom. The summed E-state index contributed by atoms with van der Waals surface area (Å²) < 4.78 is 16.4. The second kappa shape index (κ2) is 5.65. The third-order valence-corrected chi connectivity index (χ3v) is 2.93. The summed E-state index contributed by atoms with van der Waals surface area (Å²) in [7, 11) is 3.22. The molecule has 0 saturated heterocycles. The van der Waals surface area contributed by atoms with Gasteiger partial charge in [0.05, 0.1) is 14.2 Å². The van der Waals surface area contributed by atoms with Crippen LogP contribution in [-0.4, -0.2) is 14.2 Å². The van der Waals surface area contributed by atoms with Gasteiger partial charge in [-0.1, -0.05) is 12.1 Å². The average molecular weight is 258 g/mol. The lowest BCUT2D eigenvalue weighted by atomic mass is 10.1. The Kier molecular flexibility index (Phi) is 3.95. The predicted molar refractivity (Wildman–Crippen MR) is 75.5 cm³/mol. The lowest BCUT2D eigenvalue weighted by Crippen LogP contribution is -1.92. The first-order valence-electron chi connectivity index (χ1n) is 6.11. The average Bonchev–Trinajstić information content (AvgIpc) is 2.42. The lowest BCUT2D eigenvalue weighted by molar-refractivity contribution is 0.352. The first kappa shape index (κ1) is 13.3. The zero-order valence-electron chi connectivity index (χ0n) is 11.7. The molecule has 2 aromatic rings. The van der Waals surface area contributed by atoms with Gasteiger partial charge in [-0.05, 0) is 43.2 Å². The highest BCUT2D eigenvalue weighted by molar-refractivity contribution is 5.47. The molecule has 0 spiro atoms. The van der Waals surface area contributed by atoms with Gasteiger partial charge in [0.15, 0.2) is 11.5 Å². The van der Waals surface area contributed by atoms with Gasteiger partial charge in [0, 0.05) is 6.07 Å². The van der Waals surface area contributed by atoms with Gasteiger partial charge in [-0.15, -0.1) is 0 Å². The topological polar surface area (TPSA) is 27.7 Å². The maximum atomic E-state index is 5.90. The third kappa shape index (κ3) is 2.99. The van der Waals surface area contributed by atoms with Gasteiger partial charge in [-0.25, -0.2) is 0 Å². The Hall–Kier alpha value is -2.16. The smallest absolute Gasteiger partial charge is 0.164 e. The van der Waals surface area contributed by atoms with Crippen molar-refractivity contribution in [2.24, 2.45) is 0 Å². The number of ether oxygens (including phenoxy) is 3. The normalized spacial score (nSPS) is 10.1. The fourth-order valence-corrected chi connectivity index (χ4v) is 1.82. The summed E-state index contributed by atoms with van der Waals surface area (Å²) in [6, 6.07) is 11.7. The zero-order chi connectivity index (χ0) is 13.8. The van der Waals surface area contributed by atoms with Gasteiger partial charge in [-0.3, -0.25) is 0 Å². The van der Waals surface area contributed by atoms with E-state index in [9.17, 15) is 0 Å². The Labute approximate surface area is 113 Å². The van der Waals surface area contributed by atoms with Crippen molar-refractivity contribution < 1.29 is 14.2 Å². The van der Waals surface area contributed by atoms with Gasteiger partial charge < -0.3 is 14.2 Å². The molecule has 0 saturated carbocycles. The summed E-state index contributed by atoms with van der Waals surface area (Å²) >= 11 is 0. The minimum absolute atomic E-state index is 0.658. The summed E-state index contributed by atoms with van der Waals surface area (Å²) in [6.07, 6.45) is 0. The van der Waals surface area contributed by atoms with E-state index in [1.807, 2.05) is 44.2 Å². The molecule has 0 bridgehead atoms. The molecule has 0 radical (unpaired) electrons. The van der Waals surface area contributed by atoms with Crippen molar-refractivity contribution >= 4 is 0 Å². The van der Waals surface area contributed by atoms with Crippen LogP contribution in [0.4, 0.5) is 0 Å². The van der Waals surface area contributed by atoms with Crippen LogP contribution < -0.4 is 14.2 Å². The van der Waals surface area contributed by atoms with Gasteiger partial charge >= 0.3 is 0 Å². The van der Waals surface area contributed by atoms with E-state index < -0.39 is 0 Å². The minimum Gasteiger partial charge on any atom is -0.493 e. The first-order valence-corrected chi connectivity index (χ1v) is 6.11. The number of rotatable bonds is 4. The number of benzene rings is 2. The fraction of sp³-hybridized carbons (Fsp3) is 0.250. The van der Waals surface area contributed by atoms with Crippen LogP contribution in [0.15, 0.2) is 36.4 Å². The maximum absolute atomic E-state index is 5.90. The van der Waals surface area contributed by atoms with Crippen LogP contribution >= 0.6 is 0 Å². The molecule has 0 aromatic heterocycles. The summed E-state index contributed by atoms with van der Waals surface area (Å²) in [4.78, 5) is 0. The van der Waals surface area contributed by atoms with Gasteiger partial charge in [0.2, 0.25) is 0 Å². The summed E-state index contributed by atoms with van der Waals surface area (Å²) in [5.74, 6) is 2.93. The fourth-order valence-electron chi connectivity index (χ4n) is 1.82. The van der Waals surface area contributed by atoms with Gasteiger partial charge in [0.1, 0.15) is 11.5 Å². The number of hydrogen-bond acceptors (Lipinski definition) is 3. The molecule has 0 atom stereocenters. The molecule has 100 valence electrons. The zero-order valence-corrected chi connectivity index (χ0v) is 11.7. The quantitative estimate of drug-likeness (QED) is 0.825. The first-order chi connectivity index (χ1) is 9.13. The van der Waals surface area contributed by atoms with Crippen molar-refractivity contribution in [3.63, 3.8) is 0 Å². The van der Waals surface area contributed by atoms with Crippen LogP contribution in [0.5, 0.6) is 23.0 Å². The van der Waals surface area contributed by atoms with Crippen LogP contribution in [0, 0.1) is 13.8 Å². The molecule has 0 unspecified atom stereocenters. The highest BCUT2D eigenvalue weighted by Gasteiger charge is 2.07. The number of methoxy groups -OCH3 is 2. The van der Waals surface area contributed by atoms with Crippen molar-refractivity contribution in [3.8, 4) is 23.0 Å². The van der Waals surface area contributed by atoms with E-state index in [1.165, 1.54) is 5.56 Å². The molecule has 0 heterocycles. The van der Waals surface area contributed by atoms with E-state index in [-0.39, 0.29) is 0 Å². The van der Waals surface area contributed by atoms with Crippen molar-refractivity contribution in [3.05, 3.63) is 47.5 Å². The highest BCUT2D eigenvalue weighted by Crippen LogP contribution is 2.34. The number of hydrogen-bond donors (Lipinski definition) is 0.